The molecule has 0 aromatic heterocycles. The number of hydrogen-bond acceptors (Lipinski definition) is 4. The van der Waals surface area contributed by atoms with E-state index in [0.717, 1.165) is 23.0 Å². The van der Waals surface area contributed by atoms with Crippen LogP contribution in [0.5, 0.6) is 23.0 Å². The van der Waals surface area contributed by atoms with Crippen LogP contribution in [0.15, 0.2) is 97.1 Å². The predicted molar refractivity (Wildman–Crippen MR) is 147 cm³/mol. The van der Waals surface area contributed by atoms with Crippen molar-refractivity contribution in [1.82, 2.24) is 0 Å². The molecule has 0 atom stereocenters. The van der Waals surface area contributed by atoms with Crippen molar-refractivity contribution in [2.75, 3.05) is 26.4 Å². The number of hydrogen-bond donors (Lipinski definition) is 0. The van der Waals surface area contributed by atoms with Crippen LogP contribution in [0.25, 0.3) is 0 Å². The zero-order valence-electron chi connectivity index (χ0n) is 20.5. The molecule has 4 nitrogen and oxygen atoms in total. The molecule has 0 amide bonds. The lowest BCUT2D eigenvalue weighted by Crippen LogP contribution is -2.09. The molecule has 0 saturated heterocycles. The standard InChI is InChI=1S/C16H18O2.C14H12Cl2O2/c1-13-5-3-7-15(11-13)17-9-10-18-16-8-4-6-14(2)12-16;15-11-1-5-13(6-2-11)17-9-10-18-14-7-3-12(16)4-8-14/h3-8,11-12H,9-10H2,1-2H3;1-8H,9-10H2. The molecule has 0 aliphatic carbocycles. The first-order valence-corrected chi connectivity index (χ1v) is 12.4. The summed E-state index contributed by atoms with van der Waals surface area (Å²) in [4.78, 5) is 0. The third kappa shape index (κ3) is 10.5. The molecule has 4 rings (SSSR count). The molecule has 0 unspecified atom stereocenters. The Labute approximate surface area is 223 Å². The SMILES string of the molecule is Cc1cccc(OCCOc2cccc(C)c2)c1.Clc1ccc(OCCOc2ccc(Cl)cc2)cc1. The molecule has 6 heteroatoms. The Kier molecular flexibility index (Phi) is 11.3. The average molecular weight is 525 g/mol. The largest absolute Gasteiger partial charge is 0.490 e. The lowest BCUT2D eigenvalue weighted by molar-refractivity contribution is 0.217. The van der Waals surface area contributed by atoms with Crippen molar-refractivity contribution in [3.63, 3.8) is 0 Å². The fourth-order valence-electron chi connectivity index (χ4n) is 3.11. The minimum Gasteiger partial charge on any atom is -0.490 e. The van der Waals surface area contributed by atoms with Crippen molar-refractivity contribution < 1.29 is 18.9 Å². The van der Waals surface area contributed by atoms with Gasteiger partial charge in [-0.25, -0.2) is 0 Å². The Morgan fingerprint density at radius 3 is 1.11 bits per heavy atom. The third-order valence-corrected chi connectivity index (χ3v) is 5.35. The molecule has 0 heterocycles. The van der Waals surface area contributed by atoms with E-state index in [1.165, 1.54) is 11.1 Å². The van der Waals surface area contributed by atoms with Gasteiger partial charge in [0, 0.05) is 10.0 Å². The van der Waals surface area contributed by atoms with Gasteiger partial charge in [-0.2, -0.15) is 0 Å². The second-order valence-electron chi connectivity index (χ2n) is 7.93. The first-order chi connectivity index (χ1) is 17.5. The summed E-state index contributed by atoms with van der Waals surface area (Å²) >= 11 is 11.5. The van der Waals surface area contributed by atoms with E-state index < -0.39 is 0 Å². The van der Waals surface area contributed by atoms with Crippen LogP contribution in [0.4, 0.5) is 0 Å². The van der Waals surface area contributed by atoms with Gasteiger partial charge in [-0.05, 0) is 97.8 Å². The highest BCUT2D eigenvalue weighted by Gasteiger charge is 1.97. The van der Waals surface area contributed by atoms with Crippen LogP contribution in [0.1, 0.15) is 11.1 Å². The van der Waals surface area contributed by atoms with Gasteiger partial charge in [0.1, 0.15) is 49.4 Å². The highest BCUT2D eigenvalue weighted by Crippen LogP contribution is 2.17. The third-order valence-electron chi connectivity index (χ3n) is 4.85. The molecule has 36 heavy (non-hydrogen) atoms. The van der Waals surface area contributed by atoms with Crippen LogP contribution >= 0.6 is 23.2 Å². The summed E-state index contributed by atoms with van der Waals surface area (Å²) < 4.78 is 22.2. The van der Waals surface area contributed by atoms with Gasteiger partial charge < -0.3 is 18.9 Å². The van der Waals surface area contributed by atoms with Gasteiger partial charge in [0.25, 0.3) is 0 Å². The Morgan fingerprint density at radius 1 is 0.444 bits per heavy atom. The first-order valence-electron chi connectivity index (χ1n) is 11.6. The van der Waals surface area contributed by atoms with E-state index >= 15 is 0 Å². The average Bonchev–Trinajstić information content (AvgIpc) is 2.87. The van der Waals surface area contributed by atoms with E-state index in [1.54, 1.807) is 24.3 Å². The van der Waals surface area contributed by atoms with E-state index in [9.17, 15) is 0 Å². The van der Waals surface area contributed by atoms with Gasteiger partial charge >= 0.3 is 0 Å². The lowest BCUT2D eigenvalue weighted by atomic mass is 10.2. The molecule has 0 saturated carbocycles. The number of halogens is 2. The normalized spacial score (nSPS) is 10.1. The quantitative estimate of drug-likeness (QED) is 0.196. The molecule has 0 bridgehead atoms. The van der Waals surface area contributed by atoms with E-state index in [0.29, 0.717) is 36.5 Å². The van der Waals surface area contributed by atoms with Crippen LogP contribution in [-0.4, -0.2) is 26.4 Å². The predicted octanol–water partition coefficient (Wildman–Crippen LogP) is 8.21. The van der Waals surface area contributed by atoms with Crippen LogP contribution in [0.2, 0.25) is 10.0 Å². The van der Waals surface area contributed by atoms with Crippen molar-refractivity contribution in [1.29, 1.82) is 0 Å². The second kappa shape index (κ2) is 14.9. The van der Waals surface area contributed by atoms with Gasteiger partial charge in [-0.3, -0.25) is 0 Å². The summed E-state index contributed by atoms with van der Waals surface area (Å²) in [6.45, 7) is 6.16. The topological polar surface area (TPSA) is 36.9 Å². The molecule has 0 aliphatic heterocycles. The maximum Gasteiger partial charge on any atom is 0.122 e. The fourth-order valence-corrected chi connectivity index (χ4v) is 3.36. The van der Waals surface area contributed by atoms with Crippen LogP contribution < -0.4 is 18.9 Å². The molecule has 0 radical (unpaired) electrons. The fraction of sp³-hybridized carbons (Fsp3) is 0.200. The van der Waals surface area contributed by atoms with E-state index in [2.05, 4.69) is 26.0 Å². The van der Waals surface area contributed by atoms with Crippen LogP contribution in [0.3, 0.4) is 0 Å². The zero-order chi connectivity index (χ0) is 25.6. The summed E-state index contributed by atoms with van der Waals surface area (Å²) in [5.41, 5.74) is 2.40. The van der Waals surface area contributed by atoms with Crippen LogP contribution in [-0.2, 0) is 0 Å². The monoisotopic (exact) mass is 524 g/mol. The first kappa shape index (κ1) is 27.3. The Hall–Kier alpha value is -3.34. The zero-order valence-corrected chi connectivity index (χ0v) is 22.0. The number of rotatable bonds is 10. The van der Waals surface area contributed by atoms with Crippen LogP contribution in [0, 0.1) is 13.8 Å². The maximum atomic E-state index is 5.77. The number of ether oxygens (including phenoxy) is 4. The van der Waals surface area contributed by atoms with E-state index in [-0.39, 0.29) is 0 Å². The van der Waals surface area contributed by atoms with E-state index in [1.807, 2.05) is 60.7 Å². The number of benzene rings is 4. The Balaban J connectivity index is 0.000000201. The minimum absolute atomic E-state index is 0.476. The summed E-state index contributed by atoms with van der Waals surface area (Å²) in [6.07, 6.45) is 0. The van der Waals surface area contributed by atoms with Crippen molar-refractivity contribution in [3.8, 4) is 23.0 Å². The van der Waals surface area contributed by atoms with Crippen molar-refractivity contribution >= 4 is 23.2 Å². The maximum absolute atomic E-state index is 5.77. The number of aryl methyl sites for hydroxylation is 2. The Bertz CT molecular complexity index is 1080. The molecular formula is C30H30Cl2O4. The van der Waals surface area contributed by atoms with Gasteiger partial charge in [-0.1, -0.05) is 47.5 Å². The van der Waals surface area contributed by atoms with Crippen molar-refractivity contribution in [2.45, 2.75) is 13.8 Å². The molecule has 4 aromatic carbocycles. The highest BCUT2D eigenvalue weighted by molar-refractivity contribution is 6.30. The summed E-state index contributed by atoms with van der Waals surface area (Å²) in [5, 5.41) is 1.39. The summed E-state index contributed by atoms with van der Waals surface area (Å²) in [5.74, 6) is 3.34. The lowest BCUT2D eigenvalue weighted by Gasteiger charge is -2.09. The highest BCUT2D eigenvalue weighted by atomic mass is 35.5. The van der Waals surface area contributed by atoms with Gasteiger partial charge in [0.15, 0.2) is 0 Å². The summed E-state index contributed by atoms with van der Waals surface area (Å²) in [7, 11) is 0. The Morgan fingerprint density at radius 2 is 0.778 bits per heavy atom. The van der Waals surface area contributed by atoms with E-state index in [4.69, 9.17) is 42.1 Å². The summed E-state index contributed by atoms with van der Waals surface area (Å²) in [6, 6.07) is 30.5. The molecule has 0 fully saturated rings. The van der Waals surface area contributed by atoms with Crippen molar-refractivity contribution in [3.05, 3.63) is 118 Å². The van der Waals surface area contributed by atoms with Crippen molar-refractivity contribution in [2.24, 2.45) is 0 Å². The molecule has 0 spiro atoms. The van der Waals surface area contributed by atoms with Gasteiger partial charge in [-0.15, -0.1) is 0 Å². The molecule has 4 aromatic rings. The second-order valence-corrected chi connectivity index (χ2v) is 8.81. The van der Waals surface area contributed by atoms with Gasteiger partial charge in [0.2, 0.25) is 0 Å². The smallest absolute Gasteiger partial charge is 0.122 e. The molecule has 188 valence electrons. The minimum atomic E-state index is 0.476. The van der Waals surface area contributed by atoms with Gasteiger partial charge in [0.05, 0.1) is 0 Å². The molecular weight excluding hydrogens is 495 g/mol. The molecule has 0 aliphatic rings. The molecule has 0 N–H and O–H groups in total.